The Labute approximate surface area is 145 Å². The van der Waals surface area contributed by atoms with Crippen LogP contribution in [0, 0.1) is 0 Å². The first-order chi connectivity index (χ1) is 11.3. The predicted octanol–water partition coefficient (Wildman–Crippen LogP) is 7.85. The Bertz CT molecular complexity index is 429. The van der Waals surface area contributed by atoms with Gasteiger partial charge < -0.3 is 5.32 Å². The summed E-state index contributed by atoms with van der Waals surface area (Å²) in [6, 6.07) is 18.8. The molecule has 0 aliphatic carbocycles. The molecule has 0 amide bonds. The highest BCUT2D eigenvalue weighted by atomic mass is 14.9. The van der Waals surface area contributed by atoms with Gasteiger partial charge >= 0.3 is 0 Å². The van der Waals surface area contributed by atoms with E-state index in [0.29, 0.717) is 0 Å². The zero-order chi connectivity index (χ0) is 17.9. The molecule has 1 N–H and O–H groups in total. The smallest absolute Gasteiger partial charge is 0.0384 e. The number of para-hydroxylation sites is 1. The van der Waals surface area contributed by atoms with E-state index in [-0.39, 0.29) is 0 Å². The summed E-state index contributed by atoms with van der Waals surface area (Å²) in [5, 5.41) is 3.36. The summed E-state index contributed by atoms with van der Waals surface area (Å²) in [4.78, 5) is 0. The molecule has 0 unspecified atom stereocenters. The lowest BCUT2D eigenvalue weighted by molar-refractivity contribution is 0.886. The molecule has 0 aromatic heterocycles. The lowest BCUT2D eigenvalue weighted by Gasteiger charge is -2.06. The van der Waals surface area contributed by atoms with Crippen LogP contribution < -0.4 is 5.32 Å². The maximum atomic E-state index is 3.36. The van der Waals surface area contributed by atoms with E-state index in [4.69, 9.17) is 0 Å². The molecule has 2 aromatic carbocycles. The monoisotopic (exact) mass is 315 g/mol. The van der Waals surface area contributed by atoms with E-state index in [0.717, 1.165) is 17.8 Å². The SMILES string of the molecule is CC.CC.CCCC.CCc1ccc(Nc2ccccc2)cc1. The van der Waals surface area contributed by atoms with Crippen LogP contribution >= 0.6 is 0 Å². The van der Waals surface area contributed by atoms with Gasteiger partial charge in [0.05, 0.1) is 0 Å². The van der Waals surface area contributed by atoms with Crippen molar-refractivity contribution in [2.45, 2.75) is 67.7 Å². The Hall–Kier alpha value is -1.76. The van der Waals surface area contributed by atoms with Crippen molar-refractivity contribution in [3.63, 3.8) is 0 Å². The zero-order valence-corrected chi connectivity index (χ0v) is 16.3. The molecule has 23 heavy (non-hydrogen) atoms. The standard InChI is InChI=1S/C14H15N.C4H10.2C2H6/c1-2-12-8-10-14(11-9-12)15-13-6-4-3-5-7-13;1-3-4-2;2*1-2/h3-11,15H,2H2,1H3;3-4H2,1-2H3;2*1-2H3. The van der Waals surface area contributed by atoms with Gasteiger partial charge in [0.2, 0.25) is 0 Å². The molecule has 0 fully saturated rings. The summed E-state index contributed by atoms with van der Waals surface area (Å²) in [5.74, 6) is 0. The van der Waals surface area contributed by atoms with Crippen LogP contribution in [0.15, 0.2) is 54.6 Å². The van der Waals surface area contributed by atoms with Gasteiger partial charge in [0.15, 0.2) is 0 Å². The molecule has 1 nitrogen and oxygen atoms in total. The van der Waals surface area contributed by atoms with Crippen LogP contribution in [0.25, 0.3) is 0 Å². The van der Waals surface area contributed by atoms with Crippen molar-refractivity contribution in [1.29, 1.82) is 0 Å². The number of aryl methyl sites for hydroxylation is 1. The first kappa shape index (κ1) is 23.5. The number of benzene rings is 2. The van der Waals surface area contributed by atoms with Crippen LogP contribution in [-0.4, -0.2) is 0 Å². The fraction of sp³-hybridized carbons (Fsp3) is 0.455. The van der Waals surface area contributed by atoms with E-state index >= 15 is 0 Å². The van der Waals surface area contributed by atoms with E-state index in [9.17, 15) is 0 Å². The molecule has 0 heterocycles. The normalized spacial score (nSPS) is 8.30. The molecule has 0 radical (unpaired) electrons. The van der Waals surface area contributed by atoms with Gasteiger partial charge in [0.1, 0.15) is 0 Å². The third-order valence-electron chi connectivity index (χ3n) is 2.92. The Kier molecular flexibility index (Phi) is 18.7. The van der Waals surface area contributed by atoms with Gasteiger partial charge in [0.25, 0.3) is 0 Å². The van der Waals surface area contributed by atoms with Crippen LogP contribution in [0.5, 0.6) is 0 Å². The van der Waals surface area contributed by atoms with Crippen LogP contribution in [0.3, 0.4) is 0 Å². The third-order valence-corrected chi connectivity index (χ3v) is 2.92. The Morgan fingerprint density at radius 1 is 0.609 bits per heavy atom. The predicted molar refractivity (Wildman–Crippen MR) is 109 cm³/mol. The number of hydrogen-bond donors (Lipinski definition) is 1. The van der Waals surface area contributed by atoms with Crippen molar-refractivity contribution < 1.29 is 0 Å². The van der Waals surface area contributed by atoms with Crippen molar-refractivity contribution in [3.8, 4) is 0 Å². The van der Waals surface area contributed by atoms with Crippen molar-refractivity contribution in [2.24, 2.45) is 0 Å². The summed E-state index contributed by atoms with van der Waals surface area (Å²) in [7, 11) is 0. The number of anilines is 2. The highest BCUT2D eigenvalue weighted by Crippen LogP contribution is 2.16. The molecule has 0 saturated heterocycles. The summed E-state index contributed by atoms with van der Waals surface area (Å²) in [5.41, 5.74) is 3.63. The first-order valence-corrected chi connectivity index (χ1v) is 9.21. The van der Waals surface area contributed by atoms with E-state index < -0.39 is 0 Å². The second kappa shape index (κ2) is 18.3. The fourth-order valence-corrected chi connectivity index (χ4v) is 1.51. The van der Waals surface area contributed by atoms with Gasteiger partial charge in [-0.05, 0) is 36.2 Å². The second-order valence-corrected chi connectivity index (χ2v) is 4.54. The van der Waals surface area contributed by atoms with E-state index in [2.05, 4.69) is 62.5 Å². The number of nitrogens with one attached hydrogen (secondary N) is 1. The fourth-order valence-electron chi connectivity index (χ4n) is 1.51. The highest BCUT2D eigenvalue weighted by Gasteiger charge is 1.93. The van der Waals surface area contributed by atoms with Crippen LogP contribution in [0.2, 0.25) is 0 Å². The minimum Gasteiger partial charge on any atom is -0.356 e. The van der Waals surface area contributed by atoms with Gasteiger partial charge in [-0.1, -0.05) is 91.6 Å². The molecule has 0 saturated carbocycles. The van der Waals surface area contributed by atoms with Crippen molar-refractivity contribution in [2.75, 3.05) is 5.32 Å². The molecular weight excluding hydrogens is 278 g/mol. The number of unbranched alkanes of at least 4 members (excludes halogenated alkanes) is 1. The van der Waals surface area contributed by atoms with Gasteiger partial charge in [-0.2, -0.15) is 0 Å². The molecule has 2 rings (SSSR count). The quantitative estimate of drug-likeness (QED) is 0.605. The minimum absolute atomic E-state index is 1.09. The third kappa shape index (κ3) is 12.5. The van der Waals surface area contributed by atoms with Crippen LogP contribution in [-0.2, 0) is 6.42 Å². The van der Waals surface area contributed by atoms with Crippen molar-refractivity contribution in [1.82, 2.24) is 0 Å². The molecular formula is C22H37N. The Morgan fingerprint density at radius 2 is 1.04 bits per heavy atom. The first-order valence-electron chi connectivity index (χ1n) is 9.21. The van der Waals surface area contributed by atoms with Gasteiger partial charge in [-0.25, -0.2) is 0 Å². The van der Waals surface area contributed by atoms with Crippen LogP contribution in [0.1, 0.15) is 66.9 Å². The van der Waals surface area contributed by atoms with E-state index in [1.807, 2.05) is 45.9 Å². The summed E-state index contributed by atoms with van der Waals surface area (Å²) in [6.07, 6.45) is 3.73. The maximum absolute atomic E-state index is 3.36. The summed E-state index contributed by atoms with van der Waals surface area (Å²) >= 11 is 0. The average Bonchev–Trinajstić information content (AvgIpc) is 2.67. The summed E-state index contributed by atoms with van der Waals surface area (Å²) < 4.78 is 0. The van der Waals surface area contributed by atoms with E-state index in [1.165, 1.54) is 18.4 Å². The molecule has 0 aliphatic heterocycles. The van der Waals surface area contributed by atoms with Crippen molar-refractivity contribution in [3.05, 3.63) is 60.2 Å². The highest BCUT2D eigenvalue weighted by molar-refractivity contribution is 5.59. The largest absolute Gasteiger partial charge is 0.356 e. The van der Waals surface area contributed by atoms with E-state index in [1.54, 1.807) is 0 Å². The zero-order valence-electron chi connectivity index (χ0n) is 16.3. The molecule has 0 aliphatic rings. The summed E-state index contributed by atoms with van der Waals surface area (Å²) in [6.45, 7) is 14.5. The van der Waals surface area contributed by atoms with Crippen LogP contribution in [0.4, 0.5) is 11.4 Å². The molecule has 0 spiro atoms. The average molecular weight is 316 g/mol. The minimum atomic E-state index is 1.09. The second-order valence-electron chi connectivity index (χ2n) is 4.54. The molecule has 130 valence electrons. The maximum Gasteiger partial charge on any atom is 0.0384 e. The number of rotatable bonds is 4. The Morgan fingerprint density at radius 3 is 1.43 bits per heavy atom. The molecule has 0 bridgehead atoms. The lowest BCUT2D eigenvalue weighted by Crippen LogP contribution is -1.89. The molecule has 2 aromatic rings. The number of hydrogen-bond acceptors (Lipinski definition) is 1. The lowest BCUT2D eigenvalue weighted by atomic mass is 10.1. The van der Waals surface area contributed by atoms with Gasteiger partial charge in [-0.3, -0.25) is 0 Å². The van der Waals surface area contributed by atoms with Gasteiger partial charge in [-0.15, -0.1) is 0 Å². The Balaban J connectivity index is 0. The molecule has 1 heteroatoms. The molecule has 0 atom stereocenters. The topological polar surface area (TPSA) is 12.0 Å². The van der Waals surface area contributed by atoms with Crippen molar-refractivity contribution >= 4 is 11.4 Å². The van der Waals surface area contributed by atoms with Gasteiger partial charge in [0, 0.05) is 11.4 Å².